The van der Waals surface area contributed by atoms with Gasteiger partial charge >= 0.3 is 6.03 Å². The minimum Gasteiger partial charge on any atom is -0.338 e. The molecule has 2 bridgehead atoms. The summed E-state index contributed by atoms with van der Waals surface area (Å²) in [6, 6.07) is 8.82. The maximum atomic E-state index is 12.6. The molecule has 2 aliphatic heterocycles. The van der Waals surface area contributed by atoms with Gasteiger partial charge in [-0.15, -0.1) is 0 Å². The lowest BCUT2D eigenvalue weighted by Gasteiger charge is -2.41. The van der Waals surface area contributed by atoms with Crippen molar-refractivity contribution in [2.75, 3.05) is 31.9 Å². The van der Waals surface area contributed by atoms with Crippen LogP contribution in [0.25, 0.3) is 0 Å². The molecule has 1 aromatic rings. The molecule has 8 heteroatoms. The normalized spacial score (nSPS) is 24.3. The smallest absolute Gasteiger partial charge is 0.317 e. The average molecular weight is 417 g/mol. The van der Waals surface area contributed by atoms with Crippen molar-refractivity contribution in [2.24, 2.45) is 5.92 Å². The predicted octanol–water partition coefficient (Wildman–Crippen LogP) is 1.99. The third-order valence-electron chi connectivity index (χ3n) is 6.33. The van der Waals surface area contributed by atoms with Gasteiger partial charge in [0.15, 0.2) is 9.84 Å². The molecule has 2 atom stereocenters. The second-order valence-electron chi connectivity index (χ2n) is 8.47. The number of sulfone groups is 1. The third-order valence-corrected chi connectivity index (χ3v) is 8.15. The highest BCUT2D eigenvalue weighted by atomic mass is 32.2. The number of likely N-dealkylation sites (tertiary alicyclic amines) is 1. The van der Waals surface area contributed by atoms with Crippen molar-refractivity contribution < 1.29 is 13.2 Å². The van der Waals surface area contributed by atoms with Crippen molar-refractivity contribution in [3.8, 4) is 6.07 Å². The summed E-state index contributed by atoms with van der Waals surface area (Å²) in [6.45, 7) is 2.99. The summed E-state index contributed by atoms with van der Waals surface area (Å²) in [4.78, 5) is 17.0. The Morgan fingerprint density at radius 1 is 1.10 bits per heavy atom. The number of carbonyl (C=O) groups excluding carboxylic acids is 1. The first kappa shape index (κ1) is 20.2. The van der Waals surface area contributed by atoms with E-state index in [1.54, 1.807) is 12.1 Å². The van der Waals surface area contributed by atoms with Crippen LogP contribution in [0.3, 0.4) is 0 Å². The van der Waals surface area contributed by atoms with Crippen molar-refractivity contribution in [3.05, 3.63) is 29.8 Å². The molecule has 156 valence electrons. The van der Waals surface area contributed by atoms with E-state index in [9.17, 15) is 13.2 Å². The maximum Gasteiger partial charge on any atom is 0.317 e. The third kappa shape index (κ3) is 4.73. The van der Waals surface area contributed by atoms with E-state index in [0.717, 1.165) is 39.0 Å². The van der Waals surface area contributed by atoms with Crippen LogP contribution in [0, 0.1) is 17.2 Å². The summed E-state index contributed by atoms with van der Waals surface area (Å²) < 4.78 is 25.1. The molecule has 2 amide bonds. The van der Waals surface area contributed by atoms with Crippen molar-refractivity contribution in [3.63, 3.8) is 0 Å². The van der Waals surface area contributed by atoms with Crippen LogP contribution in [0.1, 0.15) is 37.7 Å². The molecule has 3 aliphatic rings. The summed E-state index contributed by atoms with van der Waals surface area (Å²) >= 11 is 0. The van der Waals surface area contributed by atoms with Crippen LogP contribution < -0.4 is 5.32 Å². The Hall–Kier alpha value is -2.11. The zero-order chi connectivity index (χ0) is 20.4. The zero-order valence-corrected chi connectivity index (χ0v) is 17.4. The Labute approximate surface area is 172 Å². The molecule has 4 rings (SSSR count). The Morgan fingerprint density at radius 2 is 1.76 bits per heavy atom. The van der Waals surface area contributed by atoms with Gasteiger partial charge in [0.1, 0.15) is 0 Å². The second-order valence-corrected chi connectivity index (χ2v) is 10.6. The SMILES string of the molecule is N#Cc1ccc(S(=O)(=O)CCCN2C3CCC2CN(C(=O)NCC2CC2)C3)cc1. The number of nitrogens with zero attached hydrogens (tertiary/aromatic N) is 3. The van der Waals surface area contributed by atoms with Gasteiger partial charge in [-0.05, 0) is 68.8 Å². The van der Waals surface area contributed by atoms with E-state index in [4.69, 9.17) is 5.26 Å². The quantitative estimate of drug-likeness (QED) is 0.734. The fourth-order valence-corrected chi connectivity index (χ4v) is 5.77. The largest absolute Gasteiger partial charge is 0.338 e. The predicted molar refractivity (Wildman–Crippen MR) is 109 cm³/mol. The van der Waals surface area contributed by atoms with E-state index < -0.39 is 9.84 Å². The lowest BCUT2D eigenvalue weighted by Crippen LogP contribution is -2.57. The van der Waals surface area contributed by atoms with Crippen molar-refractivity contribution in [1.82, 2.24) is 15.1 Å². The number of carbonyl (C=O) groups is 1. The highest BCUT2D eigenvalue weighted by Gasteiger charge is 2.41. The number of rotatable bonds is 7. The van der Waals surface area contributed by atoms with Gasteiger partial charge in [-0.3, -0.25) is 4.90 Å². The number of nitrogens with one attached hydrogen (secondary N) is 1. The van der Waals surface area contributed by atoms with E-state index in [1.165, 1.54) is 25.0 Å². The van der Waals surface area contributed by atoms with E-state index >= 15 is 0 Å². The maximum absolute atomic E-state index is 12.6. The molecule has 0 aromatic heterocycles. The second kappa shape index (κ2) is 8.33. The lowest BCUT2D eigenvalue weighted by atomic mass is 10.2. The number of urea groups is 1. The van der Waals surface area contributed by atoms with Gasteiger partial charge < -0.3 is 10.2 Å². The summed E-state index contributed by atoms with van der Waals surface area (Å²) in [5, 5.41) is 11.9. The van der Waals surface area contributed by atoms with Gasteiger partial charge in [-0.2, -0.15) is 5.26 Å². The minimum absolute atomic E-state index is 0.0526. The number of benzene rings is 1. The van der Waals surface area contributed by atoms with Crippen LogP contribution in [0.5, 0.6) is 0 Å². The summed E-state index contributed by atoms with van der Waals surface area (Å²) in [5.74, 6) is 0.774. The molecular formula is C21H28N4O3S. The van der Waals surface area contributed by atoms with Gasteiger partial charge in [0.2, 0.25) is 0 Å². The molecular weight excluding hydrogens is 388 g/mol. The molecule has 1 aliphatic carbocycles. The molecule has 0 spiro atoms. The molecule has 2 unspecified atom stereocenters. The van der Waals surface area contributed by atoms with Crippen LogP contribution in [0.15, 0.2) is 29.2 Å². The Kier molecular flexibility index (Phi) is 5.79. The number of amides is 2. The zero-order valence-electron chi connectivity index (χ0n) is 16.6. The summed E-state index contributed by atoms with van der Waals surface area (Å²) in [6.07, 6.45) is 5.16. The molecule has 1 N–H and O–H groups in total. The van der Waals surface area contributed by atoms with Crippen molar-refractivity contribution in [2.45, 2.75) is 49.1 Å². The van der Waals surface area contributed by atoms with Crippen LogP contribution >= 0.6 is 0 Å². The summed E-state index contributed by atoms with van der Waals surface area (Å²) in [5.41, 5.74) is 0.458. The summed E-state index contributed by atoms with van der Waals surface area (Å²) in [7, 11) is -3.35. The highest BCUT2D eigenvalue weighted by Crippen LogP contribution is 2.31. The van der Waals surface area contributed by atoms with Crippen molar-refractivity contribution in [1.29, 1.82) is 5.26 Å². The van der Waals surface area contributed by atoms with Gasteiger partial charge in [-0.25, -0.2) is 13.2 Å². The van der Waals surface area contributed by atoms with Crippen molar-refractivity contribution >= 4 is 15.9 Å². The Morgan fingerprint density at radius 3 is 2.34 bits per heavy atom. The average Bonchev–Trinajstić information content (AvgIpc) is 3.52. The lowest BCUT2D eigenvalue weighted by molar-refractivity contribution is 0.0829. The van der Waals surface area contributed by atoms with Crippen LogP contribution in [-0.4, -0.2) is 68.3 Å². The first-order valence-electron chi connectivity index (χ1n) is 10.5. The molecule has 29 heavy (non-hydrogen) atoms. The Balaban J connectivity index is 1.27. The number of nitriles is 1. The molecule has 1 aromatic carbocycles. The molecule has 7 nitrogen and oxygen atoms in total. The fourth-order valence-electron chi connectivity index (χ4n) is 4.48. The van der Waals surface area contributed by atoms with Gasteiger partial charge in [0.25, 0.3) is 0 Å². The van der Waals surface area contributed by atoms with Crippen LogP contribution in [0.4, 0.5) is 4.79 Å². The first-order valence-corrected chi connectivity index (χ1v) is 12.1. The molecule has 1 saturated carbocycles. The first-order chi connectivity index (χ1) is 14.0. The monoisotopic (exact) mass is 416 g/mol. The highest BCUT2D eigenvalue weighted by molar-refractivity contribution is 7.91. The van der Waals surface area contributed by atoms with E-state index in [2.05, 4.69) is 10.2 Å². The van der Waals surface area contributed by atoms with Crippen LogP contribution in [0.2, 0.25) is 0 Å². The van der Waals surface area contributed by atoms with Gasteiger partial charge in [0.05, 0.1) is 22.3 Å². The molecule has 2 saturated heterocycles. The number of hydrogen-bond acceptors (Lipinski definition) is 5. The number of fused-ring (bicyclic) bond motifs is 2. The molecule has 3 fully saturated rings. The van der Waals surface area contributed by atoms with E-state index in [1.807, 2.05) is 11.0 Å². The molecule has 0 radical (unpaired) electrons. The standard InChI is InChI=1S/C21H28N4O3S/c22-12-16-4-8-20(9-5-16)29(27,28)11-1-10-25-18-6-7-19(25)15-24(14-18)21(26)23-13-17-2-3-17/h4-5,8-9,17-19H,1-3,6-7,10-11,13-15H2,(H,23,26). The number of piperazine rings is 1. The molecule has 2 heterocycles. The van der Waals surface area contributed by atoms with Gasteiger partial charge in [0, 0.05) is 31.7 Å². The number of hydrogen-bond donors (Lipinski definition) is 1. The van der Waals surface area contributed by atoms with Crippen LogP contribution in [-0.2, 0) is 9.84 Å². The van der Waals surface area contributed by atoms with E-state index in [-0.39, 0.29) is 16.7 Å². The fraction of sp³-hybridized carbons (Fsp3) is 0.619. The Bertz CT molecular complexity index is 875. The minimum atomic E-state index is -3.35. The topological polar surface area (TPSA) is 93.5 Å². The van der Waals surface area contributed by atoms with Gasteiger partial charge in [-0.1, -0.05) is 0 Å². The van der Waals surface area contributed by atoms with E-state index in [0.29, 0.717) is 30.0 Å².